The Bertz CT molecular complexity index is 779. The number of fused-ring (bicyclic) bond motifs is 1. The average molecular weight is 353 g/mol. The Labute approximate surface area is 154 Å². The van der Waals surface area contributed by atoms with E-state index in [0.717, 1.165) is 62.4 Å². The molecule has 2 aliphatic heterocycles. The second kappa shape index (κ2) is 7.50. The molecule has 1 atom stereocenters. The van der Waals surface area contributed by atoms with Crippen LogP contribution in [0.2, 0.25) is 0 Å². The van der Waals surface area contributed by atoms with Gasteiger partial charge >= 0.3 is 0 Å². The summed E-state index contributed by atoms with van der Waals surface area (Å²) in [5, 5.41) is 16.4. The number of benzene rings is 1. The summed E-state index contributed by atoms with van der Waals surface area (Å²) in [5.74, 6) is 1.55. The Balaban J connectivity index is 1.62. The summed E-state index contributed by atoms with van der Waals surface area (Å²) in [6.07, 6.45) is 5.16. The Morgan fingerprint density at radius 3 is 3.08 bits per heavy atom. The second-order valence-corrected chi connectivity index (χ2v) is 7.14. The van der Waals surface area contributed by atoms with E-state index in [0.29, 0.717) is 5.95 Å². The van der Waals surface area contributed by atoms with Crippen LogP contribution in [0.5, 0.6) is 0 Å². The molecule has 1 aromatic carbocycles. The Kier molecular flexibility index (Phi) is 4.93. The summed E-state index contributed by atoms with van der Waals surface area (Å²) in [4.78, 5) is 11.7. The highest BCUT2D eigenvalue weighted by Gasteiger charge is 2.25. The van der Waals surface area contributed by atoms with Crippen LogP contribution in [0.3, 0.4) is 0 Å². The van der Waals surface area contributed by atoms with E-state index >= 15 is 0 Å². The third-order valence-corrected chi connectivity index (χ3v) is 5.23. The first kappa shape index (κ1) is 17.1. The molecule has 2 aromatic rings. The Morgan fingerprint density at radius 1 is 1.31 bits per heavy atom. The van der Waals surface area contributed by atoms with E-state index in [4.69, 9.17) is 9.97 Å². The number of anilines is 4. The highest BCUT2D eigenvalue weighted by atomic mass is 16.3. The van der Waals surface area contributed by atoms with Crippen molar-refractivity contribution >= 4 is 23.1 Å². The molecule has 1 saturated heterocycles. The molecule has 3 N–H and O–H groups in total. The van der Waals surface area contributed by atoms with E-state index < -0.39 is 0 Å². The number of nitrogens with one attached hydrogen (secondary N) is 2. The third kappa shape index (κ3) is 3.46. The van der Waals surface area contributed by atoms with Gasteiger partial charge in [-0.25, -0.2) is 4.98 Å². The number of rotatable bonds is 6. The van der Waals surface area contributed by atoms with Crippen molar-refractivity contribution in [2.75, 3.05) is 35.2 Å². The van der Waals surface area contributed by atoms with Crippen molar-refractivity contribution < 1.29 is 5.11 Å². The van der Waals surface area contributed by atoms with Crippen molar-refractivity contribution in [3.05, 3.63) is 35.5 Å². The van der Waals surface area contributed by atoms with Gasteiger partial charge in [0.25, 0.3) is 0 Å². The van der Waals surface area contributed by atoms with Crippen molar-refractivity contribution in [3.8, 4) is 0 Å². The minimum absolute atomic E-state index is 0.163. The normalized spacial score (nSPS) is 18.7. The number of nitrogens with zero attached hydrogens (tertiary/aromatic N) is 3. The molecule has 6 nitrogen and oxygen atoms in total. The summed E-state index contributed by atoms with van der Waals surface area (Å²) in [7, 11) is 0. The maximum Gasteiger partial charge on any atom is 0.229 e. The Morgan fingerprint density at radius 2 is 2.23 bits per heavy atom. The minimum Gasteiger partial charge on any atom is -0.394 e. The number of hydrogen-bond donors (Lipinski definition) is 3. The van der Waals surface area contributed by atoms with Gasteiger partial charge in [-0.15, -0.1) is 0 Å². The number of aliphatic hydroxyl groups is 1. The van der Waals surface area contributed by atoms with Gasteiger partial charge in [0.2, 0.25) is 5.95 Å². The molecule has 1 unspecified atom stereocenters. The van der Waals surface area contributed by atoms with Crippen molar-refractivity contribution in [1.82, 2.24) is 9.97 Å². The molecule has 6 heteroatoms. The smallest absolute Gasteiger partial charge is 0.229 e. The van der Waals surface area contributed by atoms with Gasteiger partial charge in [-0.2, -0.15) is 4.98 Å². The predicted molar refractivity (Wildman–Crippen MR) is 105 cm³/mol. The van der Waals surface area contributed by atoms with Gasteiger partial charge in [-0.05, 0) is 43.4 Å². The monoisotopic (exact) mass is 353 g/mol. The summed E-state index contributed by atoms with van der Waals surface area (Å²) in [6, 6.07) is 8.62. The summed E-state index contributed by atoms with van der Waals surface area (Å²) in [5.41, 5.74) is 4.60. The topological polar surface area (TPSA) is 73.3 Å². The third-order valence-electron chi connectivity index (χ3n) is 5.23. The van der Waals surface area contributed by atoms with Crippen LogP contribution >= 0.6 is 0 Å². The van der Waals surface area contributed by atoms with Gasteiger partial charge in [0.15, 0.2) is 0 Å². The van der Waals surface area contributed by atoms with E-state index in [9.17, 15) is 5.11 Å². The zero-order valence-corrected chi connectivity index (χ0v) is 15.3. The quantitative estimate of drug-likeness (QED) is 0.741. The molecule has 0 radical (unpaired) electrons. The SMILES string of the molecule is CCCc1cc(N2CCCC2CO)nc(Nc2ccc3c(c2)NCC3)n1. The molecular formula is C20H27N5O. The number of hydrogen-bond acceptors (Lipinski definition) is 6. The van der Waals surface area contributed by atoms with Crippen LogP contribution in [0.4, 0.5) is 23.1 Å². The molecule has 2 aliphatic rings. The van der Waals surface area contributed by atoms with Crippen molar-refractivity contribution in [3.63, 3.8) is 0 Å². The molecule has 0 aliphatic carbocycles. The summed E-state index contributed by atoms with van der Waals surface area (Å²) < 4.78 is 0. The largest absolute Gasteiger partial charge is 0.394 e. The zero-order chi connectivity index (χ0) is 17.9. The fraction of sp³-hybridized carbons (Fsp3) is 0.500. The van der Waals surface area contributed by atoms with Crippen LogP contribution in [0, 0.1) is 0 Å². The Hall–Kier alpha value is -2.34. The summed E-state index contributed by atoms with van der Waals surface area (Å²) >= 11 is 0. The van der Waals surface area contributed by atoms with Crippen LogP contribution in [0.1, 0.15) is 37.4 Å². The number of aliphatic hydroxyl groups excluding tert-OH is 1. The molecule has 0 saturated carbocycles. The molecule has 0 amide bonds. The minimum atomic E-state index is 0.163. The van der Waals surface area contributed by atoms with Gasteiger partial charge < -0.3 is 20.6 Å². The van der Waals surface area contributed by atoms with Crippen molar-refractivity contribution in [2.45, 2.75) is 45.1 Å². The first-order chi connectivity index (χ1) is 12.8. The van der Waals surface area contributed by atoms with Crippen molar-refractivity contribution in [2.24, 2.45) is 0 Å². The van der Waals surface area contributed by atoms with E-state index in [1.807, 2.05) is 0 Å². The fourth-order valence-corrected chi connectivity index (χ4v) is 3.90. The predicted octanol–water partition coefficient (Wildman–Crippen LogP) is 3.10. The lowest BCUT2D eigenvalue weighted by atomic mass is 10.1. The molecule has 3 heterocycles. The van der Waals surface area contributed by atoms with Crippen LogP contribution in [0.15, 0.2) is 24.3 Å². The van der Waals surface area contributed by atoms with Gasteiger partial charge in [-0.1, -0.05) is 19.4 Å². The second-order valence-electron chi connectivity index (χ2n) is 7.14. The number of aryl methyl sites for hydroxylation is 1. The van der Waals surface area contributed by atoms with Crippen LogP contribution < -0.4 is 15.5 Å². The van der Waals surface area contributed by atoms with Gasteiger partial charge in [-0.3, -0.25) is 0 Å². The van der Waals surface area contributed by atoms with E-state index in [2.05, 4.69) is 46.7 Å². The van der Waals surface area contributed by atoms with Gasteiger partial charge in [0, 0.05) is 36.2 Å². The highest BCUT2D eigenvalue weighted by molar-refractivity contribution is 5.67. The lowest BCUT2D eigenvalue weighted by Crippen LogP contribution is -2.33. The van der Waals surface area contributed by atoms with E-state index in [1.54, 1.807) is 0 Å². The average Bonchev–Trinajstić information content (AvgIpc) is 3.30. The molecule has 1 aromatic heterocycles. The first-order valence-corrected chi connectivity index (χ1v) is 9.66. The van der Waals surface area contributed by atoms with E-state index in [-0.39, 0.29) is 12.6 Å². The molecule has 0 bridgehead atoms. The molecule has 0 spiro atoms. The lowest BCUT2D eigenvalue weighted by molar-refractivity contribution is 0.266. The molecule has 138 valence electrons. The van der Waals surface area contributed by atoms with Crippen LogP contribution in [-0.4, -0.2) is 40.8 Å². The van der Waals surface area contributed by atoms with Crippen LogP contribution in [-0.2, 0) is 12.8 Å². The van der Waals surface area contributed by atoms with Gasteiger partial charge in [0.05, 0.1) is 12.6 Å². The molecule has 1 fully saturated rings. The standard InChI is InChI=1S/C20H27N5O/c1-2-4-15-12-19(25-10-3-5-17(25)13-26)24-20(22-15)23-16-7-6-14-8-9-21-18(14)11-16/h6-7,11-12,17,21,26H,2-5,8-10,13H2,1H3,(H,22,23,24). The maximum absolute atomic E-state index is 9.66. The fourth-order valence-electron chi connectivity index (χ4n) is 3.90. The van der Waals surface area contributed by atoms with Gasteiger partial charge in [0.1, 0.15) is 5.82 Å². The van der Waals surface area contributed by atoms with E-state index in [1.165, 1.54) is 11.3 Å². The maximum atomic E-state index is 9.66. The molecule has 4 rings (SSSR count). The summed E-state index contributed by atoms with van der Waals surface area (Å²) in [6.45, 7) is 4.28. The number of aromatic nitrogens is 2. The van der Waals surface area contributed by atoms with Crippen LogP contribution in [0.25, 0.3) is 0 Å². The lowest BCUT2D eigenvalue weighted by Gasteiger charge is -2.25. The molecule has 26 heavy (non-hydrogen) atoms. The highest BCUT2D eigenvalue weighted by Crippen LogP contribution is 2.29. The van der Waals surface area contributed by atoms with Crippen molar-refractivity contribution in [1.29, 1.82) is 0 Å². The zero-order valence-electron chi connectivity index (χ0n) is 15.3. The first-order valence-electron chi connectivity index (χ1n) is 9.66. The molecular weight excluding hydrogens is 326 g/mol.